The average Bonchev–Trinajstić information content (AvgIpc) is 2.85. The number of benzene rings is 3. The van der Waals surface area contributed by atoms with E-state index in [1.165, 1.54) is 50.4 Å². The highest BCUT2D eigenvalue weighted by atomic mass is 35.5. The number of nitrogens with zero attached hydrogens (tertiary/aromatic N) is 1. The summed E-state index contributed by atoms with van der Waals surface area (Å²) in [4.78, 5) is 12.0. The topological polar surface area (TPSA) is 75.7 Å². The second kappa shape index (κ2) is 12.4. The van der Waals surface area contributed by atoms with Gasteiger partial charge in [-0.3, -0.25) is 9.10 Å². The Bertz CT molecular complexity index is 1350. The fraction of sp³-hybridized carbons (Fsp3) is 0.269. The number of amides is 1. The first-order chi connectivity index (χ1) is 17.5. The van der Waals surface area contributed by atoms with Crippen molar-refractivity contribution in [3.8, 4) is 0 Å². The van der Waals surface area contributed by atoms with Crippen LogP contribution in [-0.4, -0.2) is 34.6 Å². The van der Waals surface area contributed by atoms with Crippen LogP contribution in [-0.2, 0) is 26.0 Å². The van der Waals surface area contributed by atoms with Crippen LogP contribution in [0.15, 0.2) is 65.6 Å². The van der Waals surface area contributed by atoms with Gasteiger partial charge in [0, 0.05) is 31.2 Å². The summed E-state index contributed by atoms with van der Waals surface area (Å²) in [5.74, 6) is -2.70. The van der Waals surface area contributed by atoms with Crippen molar-refractivity contribution in [2.75, 3.05) is 24.6 Å². The van der Waals surface area contributed by atoms with Gasteiger partial charge in [-0.15, -0.1) is 0 Å². The van der Waals surface area contributed by atoms with E-state index in [9.17, 15) is 26.4 Å². The van der Waals surface area contributed by atoms with Crippen molar-refractivity contribution in [2.45, 2.75) is 30.7 Å². The first-order valence-electron chi connectivity index (χ1n) is 11.3. The Morgan fingerprint density at radius 2 is 1.68 bits per heavy atom. The molecule has 0 spiro atoms. The van der Waals surface area contributed by atoms with Gasteiger partial charge in [-0.25, -0.2) is 21.6 Å². The third-order valence-electron chi connectivity index (χ3n) is 5.67. The lowest BCUT2D eigenvalue weighted by Crippen LogP contribution is -2.35. The zero-order chi connectivity index (χ0) is 27.2. The van der Waals surface area contributed by atoms with Crippen LogP contribution in [0.1, 0.15) is 30.5 Å². The van der Waals surface area contributed by atoms with Crippen LogP contribution >= 0.6 is 11.6 Å². The van der Waals surface area contributed by atoms with E-state index in [-0.39, 0.29) is 23.6 Å². The number of aryl methyl sites for hydroxylation is 1. The maximum atomic E-state index is 15.0. The average molecular weight is 555 g/mol. The standard InChI is InChI=1S/C26H26ClF3N2O4S/c1-17(23-10-6-20(28)15-18(23)3-12-26(33)31-13-14-36-2)32(25-16-21(29)7-11-24(25)30)37(34,35)22-8-4-19(27)5-9-22/h4-11,15-17H,3,12-14H2,1-2H3,(H,31,33)/t17-/m1/s1. The second-order valence-corrected chi connectivity index (χ2v) is 10.5. The zero-order valence-electron chi connectivity index (χ0n) is 20.2. The van der Waals surface area contributed by atoms with Gasteiger partial charge in [0.2, 0.25) is 5.91 Å². The molecule has 1 amide bonds. The molecule has 0 bridgehead atoms. The van der Waals surface area contributed by atoms with Gasteiger partial charge >= 0.3 is 0 Å². The molecule has 3 rings (SSSR count). The van der Waals surface area contributed by atoms with E-state index < -0.39 is 39.2 Å². The summed E-state index contributed by atoms with van der Waals surface area (Å²) in [6, 6.07) is 10.3. The van der Waals surface area contributed by atoms with Gasteiger partial charge in [0.15, 0.2) is 0 Å². The molecule has 0 aromatic heterocycles. The maximum Gasteiger partial charge on any atom is 0.264 e. The first kappa shape index (κ1) is 28.5. The molecule has 0 aliphatic rings. The van der Waals surface area contributed by atoms with Gasteiger partial charge in [-0.05, 0) is 73.0 Å². The molecule has 11 heteroatoms. The molecular formula is C26H26ClF3N2O4S. The quantitative estimate of drug-likeness (QED) is 0.322. The van der Waals surface area contributed by atoms with Gasteiger partial charge < -0.3 is 10.1 Å². The van der Waals surface area contributed by atoms with E-state index in [1.807, 2.05) is 0 Å². The molecule has 0 radical (unpaired) electrons. The Morgan fingerprint density at radius 3 is 2.35 bits per heavy atom. The number of rotatable bonds is 11. The Balaban J connectivity index is 2.07. The van der Waals surface area contributed by atoms with Gasteiger partial charge in [-0.2, -0.15) is 0 Å². The summed E-state index contributed by atoms with van der Waals surface area (Å²) in [7, 11) is -2.95. The predicted octanol–water partition coefficient (Wildman–Crippen LogP) is 5.41. The molecule has 1 atom stereocenters. The van der Waals surface area contributed by atoms with E-state index in [0.29, 0.717) is 29.3 Å². The number of nitrogens with one attached hydrogen (secondary N) is 1. The third kappa shape index (κ3) is 7.03. The summed E-state index contributed by atoms with van der Waals surface area (Å²) >= 11 is 5.91. The second-order valence-electron chi connectivity index (χ2n) is 8.21. The largest absolute Gasteiger partial charge is 0.383 e. The molecular weight excluding hydrogens is 529 g/mol. The number of methoxy groups -OCH3 is 1. The highest BCUT2D eigenvalue weighted by Gasteiger charge is 2.33. The highest BCUT2D eigenvalue weighted by Crippen LogP contribution is 2.37. The third-order valence-corrected chi connectivity index (χ3v) is 7.82. The highest BCUT2D eigenvalue weighted by molar-refractivity contribution is 7.92. The lowest BCUT2D eigenvalue weighted by Gasteiger charge is -2.32. The summed E-state index contributed by atoms with van der Waals surface area (Å²) < 4.78 is 76.5. The molecule has 0 saturated heterocycles. The summed E-state index contributed by atoms with van der Waals surface area (Å²) in [5, 5.41) is 2.96. The van der Waals surface area contributed by atoms with Crippen molar-refractivity contribution in [1.82, 2.24) is 5.32 Å². The van der Waals surface area contributed by atoms with Gasteiger partial charge in [-0.1, -0.05) is 17.7 Å². The maximum absolute atomic E-state index is 15.0. The number of carbonyl (C=O) groups excluding carboxylic acids is 1. The SMILES string of the molecule is COCCNC(=O)CCc1cc(F)ccc1[C@@H](C)N(c1cc(F)ccc1F)S(=O)(=O)c1ccc(Cl)cc1. The van der Waals surface area contributed by atoms with E-state index in [1.54, 1.807) is 0 Å². The van der Waals surface area contributed by atoms with Crippen LogP contribution in [0.4, 0.5) is 18.9 Å². The van der Waals surface area contributed by atoms with Crippen LogP contribution in [0.3, 0.4) is 0 Å². The Kier molecular flexibility index (Phi) is 9.58. The Labute approximate surface area is 219 Å². The molecule has 3 aromatic rings. The molecule has 3 aromatic carbocycles. The number of sulfonamides is 1. The van der Waals surface area contributed by atoms with Crippen molar-refractivity contribution in [3.05, 3.63) is 94.3 Å². The van der Waals surface area contributed by atoms with Gasteiger partial charge in [0.25, 0.3) is 10.0 Å². The smallest absolute Gasteiger partial charge is 0.264 e. The minimum atomic E-state index is -4.45. The number of hydrogen-bond donors (Lipinski definition) is 1. The molecule has 198 valence electrons. The van der Waals surface area contributed by atoms with Crippen molar-refractivity contribution >= 4 is 33.2 Å². The zero-order valence-corrected chi connectivity index (χ0v) is 21.8. The minimum absolute atomic E-state index is 0.00878. The molecule has 0 fully saturated rings. The number of hydrogen-bond acceptors (Lipinski definition) is 4. The van der Waals surface area contributed by atoms with Crippen molar-refractivity contribution < 1.29 is 31.1 Å². The van der Waals surface area contributed by atoms with E-state index in [0.717, 1.165) is 28.6 Å². The predicted molar refractivity (Wildman–Crippen MR) is 135 cm³/mol. The summed E-state index contributed by atoms with van der Waals surface area (Å²) in [6.07, 6.45) is 0.0713. The first-order valence-corrected chi connectivity index (χ1v) is 13.2. The lowest BCUT2D eigenvalue weighted by atomic mass is 9.97. The lowest BCUT2D eigenvalue weighted by molar-refractivity contribution is -0.121. The number of halogens is 4. The van der Waals surface area contributed by atoms with E-state index in [4.69, 9.17) is 16.3 Å². The van der Waals surface area contributed by atoms with Gasteiger partial charge in [0.05, 0.1) is 23.2 Å². The van der Waals surface area contributed by atoms with Crippen LogP contribution in [0.25, 0.3) is 0 Å². The van der Waals surface area contributed by atoms with Crippen molar-refractivity contribution in [1.29, 1.82) is 0 Å². The molecule has 0 aliphatic heterocycles. The Morgan fingerprint density at radius 1 is 1.03 bits per heavy atom. The molecule has 0 heterocycles. The molecule has 6 nitrogen and oxygen atoms in total. The summed E-state index contributed by atoms with van der Waals surface area (Å²) in [6.45, 7) is 2.10. The number of ether oxygens (including phenoxy) is 1. The molecule has 0 saturated carbocycles. The molecule has 1 N–H and O–H groups in total. The molecule has 37 heavy (non-hydrogen) atoms. The van der Waals surface area contributed by atoms with Crippen LogP contribution in [0.5, 0.6) is 0 Å². The van der Waals surface area contributed by atoms with Crippen LogP contribution in [0, 0.1) is 17.5 Å². The summed E-state index contributed by atoms with van der Waals surface area (Å²) in [5.41, 5.74) is 0.157. The van der Waals surface area contributed by atoms with Crippen LogP contribution in [0.2, 0.25) is 5.02 Å². The van der Waals surface area contributed by atoms with E-state index >= 15 is 0 Å². The van der Waals surface area contributed by atoms with Crippen molar-refractivity contribution in [2.24, 2.45) is 0 Å². The monoisotopic (exact) mass is 554 g/mol. The van der Waals surface area contributed by atoms with Gasteiger partial charge in [0.1, 0.15) is 17.5 Å². The fourth-order valence-corrected chi connectivity index (χ4v) is 5.64. The Hall–Kier alpha value is -3.08. The number of anilines is 1. The fourth-order valence-electron chi connectivity index (χ4n) is 3.87. The minimum Gasteiger partial charge on any atom is -0.383 e. The van der Waals surface area contributed by atoms with E-state index in [2.05, 4.69) is 5.32 Å². The van der Waals surface area contributed by atoms with Crippen molar-refractivity contribution in [3.63, 3.8) is 0 Å². The van der Waals surface area contributed by atoms with Crippen LogP contribution < -0.4 is 9.62 Å². The normalized spacial score (nSPS) is 12.3. The molecule has 0 aliphatic carbocycles. The molecule has 0 unspecified atom stereocenters. The number of carbonyl (C=O) groups is 1.